The summed E-state index contributed by atoms with van der Waals surface area (Å²) in [7, 11) is -3.52. The van der Waals surface area contributed by atoms with Crippen LogP contribution >= 0.6 is 11.6 Å². The molecule has 1 aliphatic heterocycles. The molecule has 1 aliphatic rings. The fraction of sp³-hybridized carbons (Fsp3) is 0.227. The molecule has 1 aromatic heterocycles. The predicted octanol–water partition coefficient (Wildman–Crippen LogP) is 3.60. The largest absolute Gasteiger partial charge is 0.378 e. The maximum atomic E-state index is 14.5. The molecule has 1 amide bonds. The van der Waals surface area contributed by atoms with Gasteiger partial charge in [-0.15, -0.1) is 0 Å². The lowest BCUT2D eigenvalue weighted by molar-refractivity contribution is 0.0303. The van der Waals surface area contributed by atoms with E-state index in [1.807, 2.05) is 0 Å². The highest BCUT2D eigenvalue weighted by Crippen LogP contribution is 2.30. The summed E-state index contributed by atoms with van der Waals surface area (Å²) in [6, 6.07) is 10.6. The van der Waals surface area contributed by atoms with Crippen molar-refractivity contribution in [2.75, 3.05) is 47.9 Å². The number of para-hydroxylation sites is 2. The number of carbonyl (C=O) groups is 1. The first-order chi connectivity index (χ1) is 16.7. The van der Waals surface area contributed by atoms with Crippen molar-refractivity contribution in [1.29, 1.82) is 0 Å². The smallest absolute Gasteiger partial charge is 0.254 e. The summed E-state index contributed by atoms with van der Waals surface area (Å²) in [6.45, 7) is 1.83. The number of halogens is 2. The highest BCUT2D eigenvalue weighted by molar-refractivity contribution is 7.92. The van der Waals surface area contributed by atoms with Crippen molar-refractivity contribution in [3.05, 3.63) is 65.1 Å². The molecule has 184 valence electrons. The third-order valence-corrected chi connectivity index (χ3v) is 5.84. The topological polar surface area (TPSA) is 126 Å². The van der Waals surface area contributed by atoms with Crippen LogP contribution < -0.4 is 15.4 Å². The summed E-state index contributed by atoms with van der Waals surface area (Å²) in [5.74, 6) is -0.654. The Kier molecular flexibility index (Phi) is 7.34. The zero-order chi connectivity index (χ0) is 25.0. The van der Waals surface area contributed by atoms with Gasteiger partial charge in [-0.2, -0.15) is 4.98 Å². The van der Waals surface area contributed by atoms with Gasteiger partial charge in [0.05, 0.1) is 42.7 Å². The molecule has 3 aromatic rings. The van der Waals surface area contributed by atoms with Gasteiger partial charge in [-0.1, -0.05) is 23.7 Å². The van der Waals surface area contributed by atoms with Crippen LogP contribution in [0.5, 0.6) is 0 Å². The summed E-state index contributed by atoms with van der Waals surface area (Å²) in [5.41, 5.74) is 1.01. The summed E-state index contributed by atoms with van der Waals surface area (Å²) in [6.07, 6.45) is 2.35. The minimum atomic E-state index is -3.52. The highest BCUT2D eigenvalue weighted by atomic mass is 35.5. The molecule has 0 saturated carbocycles. The van der Waals surface area contributed by atoms with E-state index in [4.69, 9.17) is 16.3 Å². The molecule has 0 radical (unpaired) electrons. The second-order valence-corrected chi connectivity index (χ2v) is 9.81. The Morgan fingerprint density at radius 3 is 2.51 bits per heavy atom. The summed E-state index contributed by atoms with van der Waals surface area (Å²) in [4.78, 5) is 22.8. The second kappa shape index (κ2) is 10.4. The Bertz CT molecular complexity index is 1350. The standard InChI is InChI=1S/C22H22ClFN6O4S/c1-35(32,33)29-18-5-3-2-4-17(18)26-20-15(23)13-25-22(28-20)27-19-12-14(6-7-16(19)24)21(31)30-8-10-34-11-9-30/h2-7,12-13,29H,8-11H2,1H3,(H2,25,26,27,28). The number of benzene rings is 2. The summed E-state index contributed by atoms with van der Waals surface area (Å²) in [5, 5.41) is 5.89. The molecule has 0 aliphatic carbocycles. The molecule has 0 atom stereocenters. The van der Waals surface area contributed by atoms with Crippen molar-refractivity contribution in [2.45, 2.75) is 0 Å². The molecule has 10 nitrogen and oxygen atoms in total. The molecule has 35 heavy (non-hydrogen) atoms. The van der Waals surface area contributed by atoms with Crippen LogP contribution in [0.15, 0.2) is 48.7 Å². The molecule has 2 aromatic carbocycles. The number of morpholine rings is 1. The van der Waals surface area contributed by atoms with Crippen molar-refractivity contribution < 1.29 is 22.3 Å². The van der Waals surface area contributed by atoms with Crippen LogP contribution in [0.4, 0.5) is 33.2 Å². The fourth-order valence-electron chi connectivity index (χ4n) is 3.35. The van der Waals surface area contributed by atoms with Gasteiger partial charge in [-0.3, -0.25) is 9.52 Å². The monoisotopic (exact) mass is 520 g/mol. The van der Waals surface area contributed by atoms with Gasteiger partial charge in [0, 0.05) is 18.7 Å². The van der Waals surface area contributed by atoms with E-state index in [9.17, 15) is 17.6 Å². The molecular formula is C22H22ClFN6O4S. The Hall–Kier alpha value is -3.48. The molecule has 0 spiro atoms. The number of rotatable bonds is 7. The van der Waals surface area contributed by atoms with Crippen LogP contribution in [0.25, 0.3) is 0 Å². The maximum Gasteiger partial charge on any atom is 0.254 e. The van der Waals surface area contributed by atoms with E-state index < -0.39 is 15.8 Å². The number of nitrogens with one attached hydrogen (secondary N) is 3. The third kappa shape index (κ3) is 6.35. The SMILES string of the molecule is CS(=O)(=O)Nc1ccccc1Nc1nc(Nc2cc(C(=O)N3CCOCC3)ccc2F)ncc1Cl. The highest BCUT2D eigenvalue weighted by Gasteiger charge is 2.20. The van der Waals surface area contributed by atoms with Crippen LogP contribution in [-0.4, -0.2) is 61.8 Å². The van der Waals surface area contributed by atoms with Crippen LogP contribution in [0, 0.1) is 5.82 Å². The normalized spacial score (nSPS) is 13.9. The Labute approximate surface area is 206 Å². The summed E-state index contributed by atoms with van der Waals surface area (Å²) >= 11 is 6.23. The van der Waals surface area contributed by atoms with Crippen LogP contribution in [0.2, 0.25) is 5.02 Å². The van der Waals surface area contributed by atoms with Crippen molar-refractivity contribution in [3.63, 3.8) is 0 Å². The minimum Gasteiger partial charge on any atom is -0.378 e. The van der Waals surface area contributed by atoms with Gasteiger partial charge < -0.3 is 20.3 Å². The van der Waals surface area contributed by atoms with Crippen LogP contribution in [-0.2, 0) is 14.8 Å². The molecule has 13 heteroatoms. The van der Waals surface area contributed by atoms with Gasteiger partial charge in [0.15, 0.2) is 5.82 Å². The van der Waals surface area contributed by atoms with Gasteiger partial charge in [-0.05, 0) is 30.3 Å². The number of aromatic nitrogens is 2. The van der Waals surface area contributed by atoms with Crippen molar-refractivity contribution in [2.24, 2.45) is 0 Å². The number of hydrogen-bond acceptors (Lipinski definition) is 8. The minimum absolute atomic E-state index is 0.0107. The van der Waals surface area contributed by atoms with E-state index in [0.717, 1.165) is 6.26 Å². The average Bonchev–Trinajstić information content (AvgIpc) is 2.83. The van der Waals surface area contributed by atoms with Gasteiger partial charge in [0.1, 0.15) is 10.8 Å². The number of hydrogen-bond donors (Lipinski definition) is 3. The summed E-state index contributed by atoms with van der Waals surface area (Å²) < 4.78 is 45.5. The van der Waals surface area contributed by atoms with Gasteiger partial charge in [-0.25, -0.2) is 17.8 Å². The third-order valence-electron chi connectivity index (χ3n) is 4.98. The van der Waals surface area contributed by atoms with Gasteiger partial charge in [0.25, 0.3) is 5.91 Å². The lowest BCUT2D eigenvalue weighted by atomic mass is 10.1. The number of amides is 1. The zero-order valence-electron chi connectivity index (χ0n) is 18.6. The van der Waals surface area contributed by atoms with E-state index in [1.54, 1.807) is 29.2 Å². The Balaban J connectivity index is 1.57. The van der Waals surface area contributed by atoms with E-state index in [-0.39, 0.29) is 28.4 Å². The predicted molar refractivity (Wildman–Crippen MR) is 132 cm³/mol. The zero-order valence-corrected chi connectivity index (χ0v) is 20.2. The maximum absolute atomic E-state index is 14.5. The van der Waals surface area contributed by atoms with Gasteiger partial charge >= 0.3 is 0 Å². The molecule has 1 fully saturated rings. The van der Waals surface area contributed by atoms with Crippen LogP contribution in [0.1, 0.15) is 10.4 Å². The average molecular weight is 521 g/mol. The van der Waals surface area contributed by atoms with Crippen molar-refractivity contribution >= 4 is 56.4 Å². The number of anilines is 5. The van der Waals surface area contributed by atoms with E-state index in [1.165, 1.54) is 24.4 Å². The van der Waals surface area contributed by atoms with E-state index in [2.05, 4.69) is 25.3 Å². The first kappa shape index (κ1) is 24.6. The number of sulfonamides is 1. The molecular weight excluding hydrogens is 499 g/mol. The molecule has 4 rings (SSSR count). The number of nitrogens with zero attached hydrogens (tertiary/aromatic N) is 3. The Morgan fingerprint density at radius 1 is 1.09 bits per heavy atom. The molecule has 1 saturated heterocycles. The lowest BCUT2D eigenvalue weighted by Gasteiger charge is -2.27. The molecule has 0 bridgehead atoms. The quantitative estimate of drug-likeness (QED) is 0.431. The molecule has 2 heterocycles. The Morgan fingerprint density at radius 2 is 1.80 bits per heavy atom. The fourth-order valence-corrected chi connectivity index (χ4v) is 4.06. The van der Waals surface area contributed by atoms with Crippen LogP contribution in [0.3, 0.4) is 0 Å². The van der Waals surface area contributed by atoms with Gasteiger partial charge in [0.2, 0.25) is 16.0 Å². The lowest BCUT2D eigenvalue weighted by Crippen LogP contribution is -2.40. The first-order valence-electron chi connectivity index (χ1n) is 10.5. The first-order valence-corrected chi connectivity index (χ1v) is 12.8. The van der Waals surface area contributed by atoms with E-state index >= 15 is 0 Å². The molecule has 0 unspecified atom stereocenters. The molecule has 3 N–H and O–H groups in total. The van der Waals surface area contributed by atoms with Crippen molar-refractivity contribution in [1.82, 2.24) is 14.9 Å². The second-order valence-electron chi connectivity index (χ2n) is 7.66. The number of ether oxygens (including phenoxy) is 1. The van der Waals surface area contributed by atoms with Crippen molar-refractivity contribution in [3.8, 4) is 0 Å². The van der Waals surface area contributed by atoms with E-state index in [0.29, 0.717) is 43.2 Å². The number of carbonyl (C=O) groups excluding carboxylic acids is 1.